The van der Waals surface area contributed by atoms with Crippen LogP contribution in [0, 0.1) is 5.92 Å². The number of aliphatic carboxylic acids is 1. The van der Waals surface area contributed by atoms with Crippen molar-refractivity contribution in [3.8, 4) is 5.88 Å². The molecule has 2 rings (SSSR count). The van der Waals surface area contributed by atoms with Crippen LogP contribution in [0.3, 0.4) is 0 Å². The Kier molecular flexibility index (Phi) is 13.7. The number of pyridine rings is 2. The summed E-state index contributed by atoms with van der Waals surface area (Å²) in [5.41, 5.74) is -4.63. The van der Waals surface area contributed by atoms with Crippen LogP contribution < -0.4 is 4.74 Å². The zero-order valence-corrected chi connectivity index (χ0v) is 24.4. The molecule has 0 aliphatic rings. The molecule has 0 atom stereocenters. The van der Waals surface area contributed by atoms with Crippen molar-refractivity contribution in [2.45, 2.75) is 32.9 Å². The normalized spacial score (nSPS) is 11.3. The number of carboxylic acid groups (broad SMARTS) is 1. The number of hydrogen-bond acceptors (Lipinski definition) is 8. The highest BCUT2D eigenvalue weighted by atomic mass is 35.5. The monoisotopic (exact) mass is 656 g/mol. The molecule has 0 saturated carbocycles. The van der Waals surface area contributed by atoms with Gasteiger partial charge >= 0.3 is 12.1 Å². The molecule has 0 fully saturated rings. The predicted octanol–water partition coefficient (Wildman–Crippen LogP) is 7.75. The van der Waals surface area contributed by atoms with Crippen molar-refractivity contribution in [3.05, 3.63) is 49.3 Å². The molecule has 0 bridgehead atoms. The highest BCUT2D eigenvalue weighted by molar-refractivity contribution is 8.13. The van der Waals surface area contributed by atoms with Gasteiger partial charge in [-0.1, -0.05) is 72.2 Å². The topological polar surface area (TPSA) is 106 Å². The van der Waals surface area contributed by atoms with Gasteiger partial charge in [0.25, 0.3) is 6.43 Å². The maximum Gasteiger partial charge on any atom is 0.434 e. The third-order valence-electron chi connectivity index (χ3n) is 4.38. The first kappa shape index (κ1) is 35.2. The average molecular weight is 658 g/mol. The summed E-state index contributed by atoms with van der Waals surface area (Å²) in [6, 6.07) is 1.33. The molecule has 0 radical (unpaired) electrons. The summed E-state index contributed by atoms with van der Waals surface area (Å²) < 4.78 is 71.5. The Morgan fingerprint density at radius 1 is 1.00 bits per heavy atom. The summed E-state index contributed by atoms with van der Waals surface area (Å²) >= 11 is 17.9. The molecule has 1 N–H and O–H groups in total. The van der Waals surface area contributed by atoms with Crippen LogP contribution in [0.25, 0.3) is 0 Å². The molecule has 0 aliphatic heterocycles. The minimum Gasteiger partial charge on any atom is -0.479 e. The number of nitrogens with zero attached hydrogens (tertiary/aromatic N) is 2. The van der Waals surface area contributed by atoms with E-state index in [1.807, 2.05) is 0 Å². The summed E-state index contributed by atoms with van der Waals surface area (Å²) in [6.07, 6.45) is -6.01. The lowest BCUT2D eigenvalue weighted by Crippen LogP contribution is -2.23. The Bertz CT molecular complexity index is 1230. The number of thioether (sulfide) groups is 2. The lowest BCUT2D eigenvalue weighted by atomic mass is 9.92. The van der Waals surface area contributed by atoms with Gasteiger partial charge in [-0.2, -0.15) is 18.2 Å². The Morgan fingerprint density at radius 3 is 1.97 bits per heavy atom. The van der Waals surface area contributed by atoms with Crippen LogP contribution in [0.2, 0.25) is 15.2 Å². The zero-order chi connectivity index (χ0) is 30.2. The first-order valence-electron chi connectivity index (χ1n) is 10.4. The minimum atomic E-state index is -5.10. The van der Waals surface area contributed by atoms with Gasteiger partial charge in [0.15, 0.2) is 17.5 Å². The Hall–Kier alpha value is -1.87. The molecular formula is C22H20Cl3F5N2O5S2. The van der Waals surface area contributed by atoms with Crippen LogP contribution in [0.5, 0.6) is 5.88 Å². The second-order valence-corrected chi connectivity index (χ2v) is 10.4. The lowest BCUT2D eigenvalue weighted by molar-refractivity contribution is -0.142. The maximum atomic E-state index is 13.4. The highest BCUT2D eigenvalue weighted by Gasteiger charge is 2.42. The molecule has 0 aliphatic carbocycles. The first-order valence-corrected chi connectivity index (χ1v) is 14.0. The summed E-state index contributed by atoms with van der Waals surface area (Å²) in [4.78, 5) is 41.1. The van der Waals surface area contributed by atoms with E-state index in [4.69, 9.17) is 44.6 Å². The van der Waals surface area contributed by atoms with Crippen molar-refractivity contribution in [2.75, 3.05) is 19.1 Å². The van der Waals surface area contributed by atoms with Crippen LogP contribution >= 0.6 is 58.3 Å². The number of halogens is 8. The Balaban J connectivity index is 0.000000457. The van der Waals surface area contributed by atoms with E-state index in [1.165, 1.54) is 18.6 Å². The van der Waals surface area contributed by atoms with E-state index in [-0.39, 0.29) is 39.0 Å². The fourth-order valence-electron chi connectivity index (χ4n) is 2.94. The number of carbonyl (C=O) groups excluding carboxylic acids is 2. The quantitative estimate of drug-likeness (QED) is 0.225. The van der Waals surface area contributed by atoms with Gasteiger partial charge < -0.3 is 9.84 Å². The number of rotatable bonds is 8. The SMILES string of the molecule is CSC(=O)c1c(C(F)F)nc(C(F)(F)F)c(C(=O)SC)c1CC(C)C.O=C(O)COc1nc(Cl)c(Cl)cc1Cl. The van der Waals surface area contributed by atoms with Crippen molar-refractivity contribution in [2.24, 2.45) is 5.92 Å². The van der Waals surface area contributed by atoms with Gasteiger partial charge in [0.2, 0.25) is 16.1 Å². The third-order valence-corrected chi connectivity index (χ3v) is 6.48. The van der Waals surface area contributed by atoms with Crippen molar-refractivity contribution in [1.82, 2.24) is 9.97 Å². The first-order chi connectivity index (χ1) is 18.0. The maximum absolute atomic E-state index is 13.4. The summed E-state index contributed by atoms with van der Waals surface area (Å²) in [6.45, 7) is 2.76. The number of ether oxygens (including phenoxy) is 1. The second-order valence-electron chi connectivity index (χ2n) is 7.68. The molecule has 7 nitrogen and oxygen atoms in total. The summed E-state index contributed by atoms with van der Waals surface area (Å²) in [5, 5.41) is 6.83. The van der Waals surface area contributed by atoms with Crippen LogP contribution in [0.4, 0.5) is 22.0 Å². The van der Waals surface area contributed by atoms with Crippen molar-refractivity contribution in [1.29, 1.82) is 0 Å². The number of carboxylic acids is 1. The fourth-order valence-corrected chi connectivity index (χ4v) is 4.34. The van der Waals surface area contributed by atoms with E-state index in [1.54, 1.807) is 13.8 Å². The molecule has 0 spiro atoms. The summed E-state index contributed by atoms with van der Waals surface area (Å²) in [5.74, 6) is -1.45. The molecule has 2 aromatic rings. The number of hydrogen-bond donors (Lipinski definition) is 1. The molecule has 2 aromatic heterocycles. The molecule has 0 amide bonds. The molecule has 0 saturated heterocycles. The molecular weight excluding hydrogens is 638 g/mol. The van der Waals surface area contributed by atoms with Gasteiger partial charge in [-0.05, 0) is 36.5 Å². The van der Waals surface area contributed by atoms with Gasteiger partial charge in [-0.25, -0.2) is 18.6 Å². The number of alkyl halides is 5. The van der Waals surface area contributed by atoms with Crippen molar-refractivity contribution < 1.29 is 46.2 Å². The van der Waals surface area contributed by atoms with Crippen LogP contribution in [0.1, 0.15) is 57.9 Å². The van der Waals surface area contributed by atoms with Crippen LogP contribution in [0.15, 0.2) is 6.07 Å². The van der Waals surface area contributed by atoms with E-state index in [0.717, 1.165) is 0 Å². The predicted molar refractivity (Wildman–Crippen MR) is 141 cm³/mol. The standard InChI is InChI=1S/C15H16F5NO2S2.C7H4Cl3NO3/c1-6(2)5-7-8(13(22)24-3)10(12(16)17)21-11(15(18,19)20)9(7)14(23)25-4;8-3-1-4(9)7(11-6(3)10)14-2-5(12)13/h6,12H,5H2,1-4H3;1H,2H2,(H,12,13). The Labute approximate surface area is 243 Å². The highest BCUT2D eigenvalue weighted by Crippen LogP contribution is 2.39. The largest absolute Gasteiger partial charge is 0.479 e. The van der Waals surface area contributed by atoms with Gasteiger partial charge in [0.05, 0.1) is 16.1 Å². The van der Waals surface area contributed by atoms with E-state index < -0.39 is 57.9 Å². The number of aromatic nitrogens is 2. The van der Waals surface area contributed by atoms with Crippen molar-refractivity contribution >= 4 is 74.5 Å². The molecule has 2 heterocycles. The third kappa shape index (κ3) is 9.92. The van der Waals surface area contributed by atoms with Crippen molar-refractivity contribution in [3.63, 3.8) is 0 Å². The minimum absolute atomic E-state index is 0.0106. The fraction of sp³-hybridized carbons (Fsp3) is 0.409. The van der Waals surface area contributed by atoms with Gasteiger partial charge in [0.1, 0.15) is 10.7 Å². The zero-order valence-electron chi connectivity index (χ0n) is 20.5. The van der Waals surface area contributed by atoms with E-state index in [2.05, 4.69) is 9.97 Å². The van der Waals surface area contributed by atoms with Gasteiger partial charge in [-0.15, -0.1) is 0 Å². The summed E-state index contributed by atoms with van der Waals surface area (Å²) in [7, 11) is 0. The molecule has 216 valence electrons. The average Bonchev–Trinajstić information content (AvgIpc) is 2.83. The van der Waals surface area contributed by atoms with E-state index >= 15 is 0 Å². The smallest absolute Gasteiger partial charge is 0.434 e. The molecule has 17 heteroatoms. The van der Waals surface area contributed by atoms with Gasteiger partial charge in [-0.3, -0.25) is 9.59 Å². The van der Waals surface area contributed by atoms with Crippen LogP contribution in [-0.2, 0) is 17.4 Å². The lowest BCUT2D eigenvalue weighted by Gasteiger charge is -2.21. The Morgan fingerprint density at radius 2 is 1.54 bits per heavy atom. The van der Waals surface area contributed by atoms with Crippen LogP contribution in [-0.4, -0.2) is 50.4 Å². The number of carbonyl (C=O) groups is 3. The second kappa shape index (κ2) is 15.2. The molecule has 0 unspecified atom stereocenters. The van der Waals surface area contributed by atoms with E-state index in [9.17, 15) is 36.3 Å². The van der Waals surface area contributed by atoms with Gasteiger partial charge in [0, 0.05) is 0 Å². The molecule has 39 heavy (non-hydrogen) atoms. The molecule has 0 aromatic carbocycles. The van der Waals surface area contributed by atoms with E-state index in [0.29, 0.717) is 23.5 Å².